The average molecular weight is 344 g/mol. The Kier molecular flexibility index (Phi) is 6.41. The van der Waals surface area contributed by atoms with E-state index >= 15 is 0 Å². The first-order valence-electron chi connectivity index (χ1n) is 8.47. The van der Waals surface area contributed by atoms with Gasteiger partial charge in [0.1, 0.15) is 0 Å². The molecule has 5 heteroatoms. The van der Waals surface area contributed by atoms with E-state index in [1.165, 1.54) is 11.1 Å². The zero-order valence-corrected chi connectivity index (χ0v) is 14.6. The molecule has 1 aromatic heterocycles. The van der Waals surface area contributed by atoms with Crippen molar-refractivity contribution in [3.8, 4) is 0 Å². The first-order chi connectivity index (χ1) is 11.8. The van der Waals surface area contributed by atoms with Crippen LogP contribution in [-0.2, 0) is 16.0 Å². The van der Waals surface area contributed by atoms with Gasteiger partial charge in [-0.15, -0.1) is 0 Å². The molecule has 0 radical (unpaired) electrons. The van der Waals surface area contributed by atoms with Gasteiger partial charge in [0, 0.05) is 26.1 Å². The number of ether oxygens (including phenoxy) is 1. The highest BCUT2D eigenvalue weighted by atomic mass is 32.1. The quantitative estimate of drug-likeness (QED) is 0.840. The lowest BCUT2D eigenvalue weighted by Gasteiger charge is -2.35. The molecule has 0 aliphatic carbocycles. The van der Waals surface area contributed by atoms with Crippen molar-refractivity contribution in [3.63, 3.8) is 0 Å². The van der Waals surface area contributed by atoms with E-state index in [1.54, 1.807) is 11.3 Å². The van der Waals surface area contributed by atoms with Crippen molar-refractivity contribution < 1.29 is 9.53 Å². The van der Waals surface area contributed by atoms with E-state index in [2.05, 4.69) is 51.3 Å². The van der Waals surface area contributed by atoms with Crippen LogP contribution in [0.25, 0.3) is 0 Å². The Bertz CT molecular complexity index is 610. The van der Waals surface area contributed by atoms with Crippen LogP contribution in [0.4, 0.5) is 0 Å². The number of hydrogen-bond donors (Lipinski definition) is 1. The summed E-state index contributed by atoms with van der Waals surface area (Å²) in [5.41, 5.74) is 2.49. The molecular weight excluding hydrogens is 320 g/mol. The van der Waals surface area contributed by atoms with Crippen LogP contribution in [0.15, 0.2) is 47.2 Å². The fourth-order valence-electron chi connectivity index (χ4n) is 3.01. The van der Waals surface area contributed by atoms with E-state index < -0.39 is 0 Å². The van der Waals surface area contributed by atoms with Crippen molar-refractivity contribution in [2.75, 3.05) is 32.8 Å². The van der Waals surface area contributed by atoms with E-state index in [9.17, 15) is 4.79 Å². The summed E-state index contributed by atoms with van der Waals surface area (Å²) in [7, 11) is 0. The summed E-state index contributed by atoms with van der Waals surface area (Å²) in [6, 6.07) is 12.7. The Morgan fingerprint density at radius 2 is 2.00 bits per heavy atom. The minimum atomic E-state index is 0.121. The second-order valence-corrected chi connectivity index (χ2v) is 6.79. The van der Waals surface area contributed by atoms with Gasteiger partial charge in [0.15, 0.2) is 0 Å². The molecule has 0 bridgehead atoms. The van der Waals surface area contributed by atoms with Gasteiger partial charge in [0.25, 0.3) is 0 Å². The van der Waals surface area contributed by atoms with Crippen LogP contribution >= 0.6 is 11.3 Å². The summed E-state index contributed by atoms with van der Waals surface area (Å²) < 4.78 is 5.46. The molecule has 0 spiro atoms. The smallest absolute Gasteiger partial charge is 0.220 e. The van der Waals surface area contributed by atoms with Crippen LogP contribution in [0.2, 0.25) is 0 Å². The maximum Gasteiger partial charge on any atom is 0.220 e. The van der Waals surface area contributed by atoms with Crippen LogP contribution < -0.4 is 5.32 Å². The third-order valence-corrected chi connectivity index (χ3v) is 5.12. The fourth-order valence-corrected chi connectivity index (χ4v) is 3.72. The molecule has 1 aliphatic rings. The molecule has 3 rings (SSSR count). The van der Waals surface area contributed by atoms with Crippen LogP contribution in [0.3, 0.4) is 0 Å². The van der Waals surface area contributed by atoms with Crippen molar-refractivity contribution in [1.82, 2.24) is 10.2 Å². The average Bonchev–Trinajstić information content (AvgIpc) is 3.16. The second kappa shape index (κ2) is 8.97. The lowest BCUT2D eigenvalue weighted by atomic mass is 10.0. The van der Waals surface area contributed by atoms with Crippen LogP contribution in [0.5, 0.6) is 0 Å². The molecule has 128 valence electrons. The number of hydrogen-bond acceptors (Lipinski definition) is 4. The maximum atomic E-state index is 12.2. The number of benzene rings is 1. The molecule has 1 aromatic carbocycles. The molecule has 1 aliphatic heterocycles. The highest BCUT2D eigenvalue weighted by molar-refractivity contribution is 7.07. The Morgan fingerprint density at radius 1 is 1.21 bits per heavy atom. The number of nitrogens with one attached hydrogen (secondary N) is 1. The summed E-state index contributed by atoms with van der Waals surface area (Å²) in [5.74, 6) is 0.121. The van der Waals surface area contributed by atoms with E-state index in [0.717, 1.165) is 32.7 Å². The first-order valence-corrected chi connectivity index (χ1v) is 9.42. The zero-order valence-electron chi connectivity index (χ0n) is 13.8. The number of aryl methyl sites for hydroxylation is 1. The van der Waals surface area contributed by atoms with Crippen molar-refractivity contribution in [2.45, 2.75) is 18.9 Å². The van der Waals surface area contributed by atoms with Gasteiger partial charge >= 0.3 is 0 Å². The number of thiophene rings is 1. The maximum absolute atomic E-state index is 12.2. The summed E-state index contributed by atoms with van der Waals surface area (Å²) >= 11 is 1.68. The minimum Gasteiger partial charge on any atom is -0.379 e. The van der Waals surface area contributed by atoms with E-state index in [1.807, 2.05) is 6.07 Å². The fraction of sp³-hybridized carbons (Fsp3) is 0.421. The summed E-state index contributed by atoms with van der Waals surface area (Å²) in [4.78, 5) is 14.6. The van der Waals surface area contributed by atoms with E-state index in [0.29, 0.717) is 13.0 Å². The number of amides is 1. The lowest BCUT2D eigenvalue weighted by molar-refractivity contribution is -0.121. The largest absolute Gasteiger partial charge is 0.379 e. The number of nitrogens with zero attached hydrogens (tertiary/aromatic N) is 1. The molecule has 2 heterocycles. The van der Waals surface area contributed by atoms with Crippen molar-refractivity contribution in [2.24, 2.45) is 0 Å². The predicted octanol–water partition coefficient (Wildman–Crippen LogP) is 2.87. The Labute approximate surface area is 147 Å². The van der Waals surface area contributed by atoms with Crippen molar-refractivity contribution in [3.05, 3.63) is 58.3 Å². The van der Waals surface area contributed by atoms with Crippen LogP contribution in [0, 0.1) is 0 Å². The molecule has 1 amide bonds. The molecule has 1 saturated heterocycles. The summed E-state index contributed by atoms with van der Waals surface area (Å²) in [6.45, 7) is 3.98. The third-order valence-electron chi connectivity index (χ3n) is 4.38. The van der Waals surface area contributed by atoms with Gasteiger partial charge in [-0.2, -0.15) is 11.3 Å². The van der Waals surface area contributed by atoms with Crippen LogP contribution in [-0.4, -0.2) is 43.7 Å². The molecule has 1 fully saturated rings. The monoisotopic (exact) mass is 344 g/mol. The lowest BCUT2D eigenvalue weighted by Crippen LogP contribution is -2.43. The van der Waals surface area contributed by atoms with Crippen LogP contribution in [0.1, 0.15) is 23.6 Å². The van der Waals surface area contributed by atoms with Crippen molar-refractivity contribution in [1.29, 1.82) is 0 Å². The Balaban J connectivity index is 1.56. The highest BCUT2D eigenvalue weighted by Crippen LogP contribution is 2.21. The van der Waals surface area contributed by atoms with Gasteiger partial charge in [-0.3, -0.25) is 9.69 Å². The molecule has 0 saturated carbocycles. The molecule has 2 aromatic rings. The summed E-state index contributed by atoms with van der Waals surface area (Å²) in [5, 5.41) is 7.28. The standard InChI is InChI=1S/C19H24N2O2S/c22-19(7-6-16-8-13-24-15-16)20-14-18(17-4-2-1-3-5-17)21-9-11-23-12-10-21/h1-5,8,13,15,18H,6-7,9-12,14H2,(H,20,22). The van der Waals surface area contributed by atoms with Gasteiger partial charge in [-0.05, 0) is 34.4 Å². The van der Waals surface area contributed by atoms with Gasteiger partial charge in [0.2, 0.25) is 5.91 Å². The first kappa shape index (κ1) is 17.1. The minimum absolute atomic E-state index is 0.121. The second-order valence-electron chi connectivity index (χ2n) is 6.01. The molecule has 1 N–H and O–H groups in total. The highest BCUT2D eigenvalue weighted by Gasteiger charge is 2.22. The van der Waals surface area contributed by atoms with Crippen molar-refractivity contribution >= 4 is 17.2 Å². The molecular formula is C19H24N2O2S. The van der Waals surface area contributed by atoms with E-state index in [-0.39, 0.29) is 11.9 Å². The normalized spacial score (nSPS) is 16.7. The predicted molar refractivity (Wildman–Crippen MR) is 97.2 cm³/mol. The number of morpholine rings is 1. The molecule has 1 atom stereocenters. The topological polar surface area (TPSA) is 41.6 Å². The molecule has 24 heavy (non-hydrogen) atoms. The SMILES string of the molecule is O=C(CCc1ccsc1)NCC(c1ccccc1)N1CCOCC1. The van der Waals surface area contributed by atoms with Gasteiger partial charge in [-0.25, -0.2) is 0 Å². The summed E-state index contributed by atoms with van der Waals surface area (Å²) in [6.07, 6.45) is 1.35. The third kappa shape index (κ3) is 4.90. The number of carbonyl (C=O) groups excluding carboxylic acids is 1. The molecule has 4 nitrogen and oxygen atoms in total. The zero-order chi connectivity index (χ0) is 16.6. The molecule has 1 unspecified atom stereocenters. The number of carbonyl (C=O) groups is 1. The van der Waals surface area contributed by atoms with Gasteiger partial charge in [0.05, 0.1) is 19.3 Å². The van der Waals surface area contributed by atoms with Gasteiger partial charge in [-0.1, -0.05) is 30.3 Å². The number of rotatable bonds is 7. The Morgan fingerprint density at radius 3 is 2.71 bits per heavy atom. The van der Waals surface area contributed by atoms with Gasteiger partial charge < -0.3 is 10.1 Å². The Hall–Kier alpha value is -1.69. The van der Waals surface area contributed by atoms with E-state index in [4.69, 9.17) is 4.74 Å².